The fourth-order valence-electron chi connectivity index (χ4n) is 2.75. The van der Waals surface area contributed by atoms with Gasteiger partial charge in [0.25, 0.3) is 0 Å². The average Bonchev–Trinajstić information content (AvgIpc) is 3.07. The number of rotatable bonds is 5. The molecular formula is C19H22N4O3S. The van der Waals surface area contributed by atoms with Crippen molar-refractivity contribution < 1.29 is 14.6 Å². The number of pyridine rings is 2. The molecule has 27 heavy (non-hydrogen) atoms. The van der Waals surface area contributed by atoms with Crippen LogP contribution in [0.3, 0.4) is 0 Å². The molecule has 0 aliphatic rings. The van der Waals surface area contributed by atoms with Crippen molar-refractivity contribution in [2.45, 2.75) is 33.2 Å². The Hall–Kier alpha value is -2.74. The van der Waals surface area contributed by atoms with Crippen LogP contribution >= 0.6 is 11.3 Å². The molecule has 1 atom stereocenters. The Morgan fingerprint density at radius 1 is 1.30 bits per heavy atom. The van der Waals surface area contributed by atoms with Crippen molar-refractivity contribution in [3.05, 3.63) is 34.8 Å². The molecule has 0 radical (unpaired) electrons. The van der Waals surface area contributed by atoms with Crippen LogP contribution in [0.4, 0.5) is 4.79 Å². The van der Waals surface area contributed by atoms with Gasteiger partial charge < -0.3 is 15.2 Å². The van der Waals surface area contributed by atoms with Crippen LogP contribution in [0.25, 0.3) is 22.3 Å². The van der Waals surface area contributed by atoms with E-state index in [9.17, 15) is 4.79 Å². The van der Waals surface area contributed by atoms with Gasteiger partial charge in [-0.1, -0.05) is 20.8 Å². The molecule has 0 saturated heterocycles. The van der Waals surface area contributed by atoms with E-state index < -0.39 is 6.09 Å². The topological polar surface area (TPSA) is 97.2 Å². The van der Waals surface area contributed by atoms with E-state index in [-0.39, 0.29) is 11.5 Å². The van der Waals surface area contributed by atoms with Crippen LogP contribution in [-0.2, 0) is 6.42 Å². The molecule has 3 heterocycles. The molecule has 0 saturated carbocycles. The van der Waals surface area contributed by atoms with E-state index >= 15 is 0 Å². The Morgan fingerprint density at radius 2 is 2.07 bits per heavy atom. The summed E-state index contributed by atoms with van der Waals surface area (Å²) in [6.07, 6.45) is 1.23. The molecule has 3 aromatic heterocycles. The first-order chi connectivity index (χ1) is 12.8. The molecular weight excluding hydrogens is 364 g/mol. The number of amides is 1. The first-order valence-electron chi connectivity index (χ1n) is 8.52. The maximum atomic E-state index is 11.1. The molecule has 3 rings (SSSR count). The van der Waals surface area contributed by atoms with E-state index in [0.717, 1.165) is 27.3 Å². The van der Waals surface area contributed by atoms with E-state index in [4.69, 9.17) is 14.8 Å². The lowest BCUT2D eigenvalue weighted by Crippen LogP contribution is -2.44. The SMILES string of the molecule is COc1ccc2nccc(-c3csc(CC(NC(=O)O)C(C)(C)C)n3)c2n1. The Labute approximate surface area is 161 Å². The molecule has 142 valence electrons. The van der Waals surface area contributed by atoms with Gasteiger partial charge in [-0.05, 0) is 17.5 Å². The number of nitrogens with one attached hydrogen (secondary N) is 1. The van der Waals surface area contributed by atoms with Crippen molar-refractivity contribution in [1.29, 1.82) is 0 Å². The minimum absolute atomic E-state index is 0.220. The number of hydrogen-bond acceptors (Lipinski definition) is 6. The lowest BCUT2D eigenvalue weighted by atomic mass is 9.85. The zero-order chi connectivity index (χ0) is 19.6. The highest BCUT2D eigenvalue weighted by molar-refractivity contribution is 7.10. The molecule has 3 aromatic rings. The van der Waals surface area contributed by atoms with Crippen LogP contribution in [0.2, 0.25) is 0 Å². The molecule has 8 heteroatoms. The molecule has 0 spiro atoms. The molecule has 0 bridgehead atoms. The zero-order valence-corrected chi connectivity index (χ0v) is 16.5. The minimum Gasteiger partial charge on any atom is -0.481 e. The maximum absolute atomic E-state index is 11.1. The lowest BCUT2D eigenvalue weighted by Gasteiger charge is -2.29. The maximum Gasteiger partial charge on any atom is 0.404 e. The van der Waals surface area contributed by atoms with Crippen molar-refractivity contribution in [1.82, 2.24) is 20.3 Å². The number of ether oxygens (including phenoxy) is 1. The highest BCUT2D eigenvalue weighted by Gasteiger charge is 2.27. The number of aromatic nitrogens is 3. The van der Waals surface area contributed by atoms with Crippen LogP contribution in [0.5, 0.6) is 5.88 Å². The number of thiazole rings is 1. The third-order valence-electron chi connectivity index (χ3n) is 4.32. The largest absolute Gasteiger partial charge is 0.481 e. The van der Waals surface area contributed by atoms with Gasteiger partial charge >= 0.3 is 6.09 Å². The number of carboxylic acid groups (broad SMARTS) is 1. The second kappa shape index (κ2) is 7.48. The second-order valence-corrected chi connectivity index (χ2v) is 8.22. The highest BCUT2D eigenvalue weighted by Crippen LogP contribution is 2.30. The number of hydrogen-bond donors (Lipinski definition) is 2. The summed E-state index contributed by atoms with van der Waals surface area (Å²) in [7, 11) is 1.58. The van der Waals surface area contributed by atoms with Gasteiger partial charge in [0.05, 0.1) is 23.3 Å². The van der Waals surface area contributed by atoms with E-state index in [2.05, 4.69) is 15.3 Å². The second-order valence-electron chi connectivity index (χ2n) is 7.28. The fraction of sp³-hybridized carbons (Fsp3) is 0.368. The Kier molecular flexibility index (Phi) is 5.27. The molecule has 2 N–H and O–H groups in total. The first-order valence-corrected chi connectivity index (χ1v) is 9.40. The zero-order valence-electron chi connectivity index (χ0n) is 15.7. The van der Waals surface area contributed by atoms with Crippen molar-refractivity contribution in [2.75, 3.05) is 7.11 Å². The summed E-state index contributed by atoms with van der Waals surface area (Å²) in [6.45, 7) is 6.03. The van der Waals surface area contributed by atoms with Gasteiger partial charge in [-0.2, -0.15) is 0 Å². The normalized spacial score (nSPS) is 12.7. The van der Waals surface area contributed by atoms with Gasteiger partial charge in [-0.15, -0.1) is 11.3 Å². The summed E-state index contributed by atoms with van der Waals surface area (Å²) < 4.78 is 5.22. The summed E-state index contributed by atoms with van der Waals surface area (Å²) >= 11 is 1.51. The molecule has 0 aliphatic carbocycles. The Morgan fingerprint density at radius 3 is 2.74 bits per heavy atom. The summed E-state index contributed by atoms with van der Waals surface area (Å²) in [5.41, 5.74) is 2.95. The van der Waals surface area contributed by atoms with Crippen molar-refractivity contribution in [3.63, 3.8) is 0 Å². The molecule has 1 amide bonds. The van der Waals surface area contributed by atoms with Crippen LogP contribution in [0.15, 0.2) is 29.8 Å². The van der Waals surface area contributed by atoms with Gasteiger partial charge in [0, 0.05) is 35.7 Å². The summed E-state index contributed by atoms with van der Waals surface area (Å²) in [5.74, 6) is 0.519. The van der Waals surface area contributed by atoms with E-state index in [0.29, 0.717) is 12.3 Å². The van der Waals surface area contributed by atoms with Gasteiger partial charge in [-0.3, -0.25) is 4.98 Å². The Balaban J connectivity index is 1.94. The molecule has 0 aromatic carbocycles. The molecule has 7 nitrogen and oxygen atoms in total. The quantitative estimate of drug-likeness (QED) is 0.688. The number of nitrogens with zero attached hydrogens (tertiary/aromatic N) is 3. The van der Waals surface area contributed by atoms with E-state index in [1.165, 1.54) is 11.3 Å². The Bertz CT molecular complexity index is 965. The summed E-state index contributed by atoms with van der Waals surface area (Å²) in [4.78, 5) is 24.7. The predicted octanol–water partition coefficient (Wildman–Crippen LogP) is 3.99. The van der Waals surface area contributed by atoms with Crippen LogP contribution in [-0.4, -0.2) is 39.3 Å². The van der Waals surface area contributed by atoms with Crippen LogP contribution in [0, 0.1) is 5.41 Å². The number of methoxy groups -OCH3 is 1. The minimum atomic E-state index is -1.02. The van der Waals surface area contributed by atoms with Gasteiger partial charge in [0.1, 0.15) is 5.52 Å². The highest BCUT2D eigenvalue weighted by atomic mass is 32.1. The van der Waals surface area contributed by atoms with Gasteiger partial charge in [0.15, 0.2) is 0 Å². The fourth-order valence-corrected chi connectivity index (χ4v) is 3.59. The molecule has 0 fully saturated rings. The monoisotopic (exact) mass is 386 g/mol. The molecule has 1 unspecified atom stereocenters. The first kappa shape index (κ1) is 19.0. The van der Waals surface area contributed by atoms with Crippen molar-refractivity contribution >= 4 is 28.5 Å². The predicted molar refractivity (Wildman–Crippen MR) is 105 cm³/mol. The third-order valence-corrected chi connectivity index (χ3v) is 5.19. The van der Waals surface area contributed by atoms with Crippen molar-refractivity contribution in [2.24, 2.45) is 5.41 Å². The number of fused-ring (bicyclic) bond motifs is 1. The van der Waals surface area contributed by atoms with E-state index in [1.54, 1.807) is 19.4 Å². The smallest absolute Gasteiger partial charge is 0.404 e. The van der Waals surface area contributed by atoms with Crippen LogP contribution < -0.4 is 10.1 Å². The van der Waals surface area contributed by atoms with Gasteiger partial charge in [0.2, 0.25) is 5.88 Å². The van der Waals surface area contributed by atoms with Crippen molar-refractivity contribution in [3.8, 4) is 17.1 Å². The summed E-state index contributed by atoms with van der Waals surface area (Å²) in [5, 5.41) is 14.6. The number of carbonyl (C=O) groups is 1. The lowest BCUT2D eigenvalue weighted by molar-refractivity contribution is 0.174. The van der Waals surface area contributed by atoms with E-state index in [1.807, 2.05) is 38.3 Å². The third kappa shape index (κ3) is 4.33. The van der Waals surface area contributed by atoms with Crippen LogP contribution in [0.1, 0.15) is 25.8 Å². The average molecular weight is 386 g/mol. The summed E-state index contributed by atoms with van der Waals surface area (Å²) in [6, 6.07) is 5.28. The standard InChI is InChI=1S/C19H22N4O3S/c1-19(2,3)14(22-18(24)25)9-16-21-13(10-27-16)11-7-8-20-12-5-6-15(26-4)23-17(11)12/h5-8,10,14,22H,9H2,1-4H3,(H,24,25). The molecule has 0 aliphatic heterocycles. The van der Waals surface area contributed by atoms with Gasteiger partial charge in [-0.25, -0.2) is 14.8 Å².